The van der Waals surface area contributed by atoms with Crippen LogP contribution in [0.5, 0.6) is 0 Å². The molecule has 0 spiro atoms. The van der Waals surface area contributed by atoms with Crippen molar-refractivity contribution in [3.05, 3.63) is 24.2 Å². The van der Waals surface area contributed by atoms with Gasteiger partial charge in [-0.3, -0.25) is 14.5 Å². The molecule has 1 fully saturated rings. The lowest BCUT2D eigenvalue weighted by molar-refractivity contribution is -0.142. The zero-order chi connectivity index (χ0) is 13.1. The van der Waals surface area contributed by atoms with Gasteiger partial charge in [0.2, 0.25) is 5.91 Å². The van der Waals surface area contributed by atoms with Crippen LogP contribution in [0.15, 0.2) is 22.8 Å². The lowest BCUT2D eigenvalue weighted by atomic mass is 10.1. The number of aliphatic carboxylic acids is 1. The van der Waals surface area contributed by atoms with Gasteiger partial charge in [-0.2, -0.15) is 0 Å². The number of hydrogen-bond acceptors (Lipinski definition) is 4. The van der Waals surface area contributed by atoms with Gasteiger partial charge in [-0.25, -0.2) is 0 Å². The van der Waals surface area contributed by atoms with Crippen molar-refractivity contribution in [2.75, 3.05) is 26.7 Å². The number of carbonyl (C=O) groups excluding carboxylic acids is 1. The molecule has 0 radical (unpaired) electrons. The van der Waals surface area contributed by atoms with Crippen molar-refractivity contribution in [2.45, 2.75) is 6.54 Å². The highest BCUT2D eigenvalue weighted by Crippen LogP contribution is 2.13. The summed E-state index contributed by atoms with van der Waals surface area (Å²) in [5, 5.41) is 9.12. The van der Waals surface area contributed by atoms with Gasteiger partial charge >= 0.3 is 5.97 Å². The Kier molecular flexibility index (Phi) is 3.66. The molecule has 2 rings (SSSR count). The normalized spacial score (nSPS) is 21.9. The fraction of sp³-hybridized carbons (Fsp3) is 0.500. The lowest BCUT2D eigenvalue weighted by Gasteiger charge is -2.19. The van der Waals surface area contributed by atoms with E-state index in [-0.39, 0.29) is 19.0 Å². The second kappa shape index (κ2) is 5.22. The number of carboxylic acid groups (broad SMARTS) is 1. The topological polar surface area (TPSA) is 74.0 Å². The van der Waals surface area contributed by atoms with E-state index >= 15 is 0 Å². The van der Waals surface area contributed by atoms with Gasteiger partial charge in [0.15, 0.2) is 0 Å². The number of carboxylic acids is 1. The van der Waals surface area contributed by atoms with Crippen LogP contribution in [-0.4, -0.2) is 53.5 Å². The van der Waals surface area contributed by atoms with E-state index in [0.29, 0.717) is 13.1 Å². The smallest absolute Gasteiger partial charge is 0.309 e. The molecular weight excluding hydrogens is 236 g/mol. The van der Waals surface area contributed by atoms with Crippen molar-refractivity contribution < 1.29 is 19.1 Å². The molecule has 0 bridgehead atoms. The van der Waals surface area contributed by atoms with Crippen LogP contribution >= 0.6 is 0 Å². The summed E-state index contributed by atoms with van der Waals surface area (Å²) in [5.74, 6) is -0.765. The van der Waals surface area contributed by atoms with E-state index in [2.05, 4.69) is 0 Å². The molecule has 98 valence electrons. The number of likely N-dealkylation sites (N-methyl/N-ethyl adjacent to an activating group) is 1. The standard InChI is InChI=1S/C12H16N2O4/c1-13-5-9(12(16)17)6-14(8-11(13)15)7-10-3-2-4-18-10/h2-4,9H,5-8H2,1H3,(H,16,17). The Morgan fingerprint density at radius 1 is 1.56 bits per heavy atom. The Morgan fingerprint density at radius 2 is 2.33 bits per heavy atom. The fourth-order valence-corrected chi connectivity index (χ4v) is 2.08. The number of amides is 1. The SMILES string of the molecule is CN1CC(C(=O)O)CN(Cc2ccco2)CC1=O. The first-order valence-corrected chi connectivity index (χ1v) is 5.78. The highest BCUT2D eigenvalue weighted by Gasteiger charge is 2.30. The first-order chi connectivity index (χ1) is 8.56. The van der Waals surface area contributed by atoms with E-state index in [1.54, 1.807) is 19.4 Å². The number of rotatable bonds is 3. The van der Waals surface area contributed by atoms with Crippen LogP contribution in [0.25, 0.3) is 0 Å². The zero-order valence-corrected chi connectivity index (χ0v) is 10.2. The molecular formula is C12H16N2O4. The van der Waals surface area contributed by atoms with Crippen molar-refractivity contribution in [1.29, 1.82) is 0 Å². The Labute approximate surface area is 105 Å². The van der Waals surface area contributed by atoms with Gasteiger partial charge in [0.25, 0.3) is 0 Å². The maximum absolute atomic E-state index is 11.8. The molecule has 2 heterocycles. The van der Waals surface area contributed by atoms with Gasteiger partial charge in [-0.1, -0.05) is 0 Å². The van der Waals surface area contributed by atoms with Gasteiger partial charge < -0.3 is 14.4 Å². The van der Waals surface area contributed by atoms with Crippen LogP contribution in [-0.2, 0) is 16.1 Å². The minimum absolute atomic E-state index is 0.0645. The molecule has 1 aliphatic rings. The third-order valence-corrected chi connectivity index (χ3v) is 3.07. The van der Waals surface area contributed by atoms with Crippen LogP contribution < -0.4 is 0 Å². The molecule has 1 aliphatic heterocycles. The summed E-state index contributed by atoms with van der Waals surface area (Å²) < 4.78 is 5.22. The average Bonchev–Trinajstić information content (AvgIpc) is 2.75. The number of nitrogens with zero attached hydrogens (tertiary/aromatic N) is 2. The fourth-order valence-electron chi connectivity index (χ4n) is 2.08. The first kappa shape index (κ1) is 12.6. The van der Waals surface area contributed by atoms with Crippen LogP contribution in [0.1, 0.15) is 5.76 Å². The molecule has 6 heteroatoms. The van der Waals surface area contributed by atoms with Crippen molar-refractivity contribution in [1.82, 2.24) is 9.80 Å². The summed E-state index contributed by atoms with van der Waals surface area (Å²) in [6.07, 6.45) is 1.57. The van der Waals surface area contributed by atoms with E-state index < -0.39 is 11.9 Å². The van der Waals surface area contributed by atoms with Crippen LogP contribution in [0.2, 0.25) is 0 Å². The summed E-state index contributed by atoms with van der Waals surface area (Å²) in [4.78, 5) is 26.2. The Hall–Kier alpha value is -1.82. The maximum atomic E-state index is 11.8. The van der Waals surface area contributed by atoms with Crippen molar-refractivity contribution in [2.24, 2.45) is 5.92 Å². The molecule has 1 unspecified atom stereocenters. The summed E-state index contributed by atoms with van der Waals surface area (Å²) >= 11 is 0. The third kappa shape index (κ3) is 2.89. The van der Waals surface area contributed by atoms with Crippen molar-refractivity contribution in [3.8, 4) is 0 Å². The molecule has 1 saturated heterocycles. The van der Waals surface area contributed by atoms with Crippen molar-refractivity contribution >= 4 is 11.9 Å². The highest BCUT2D eigenvalue weighted by atomic mass is 16.4. The predicted molar refractivity (Wildman–Crippen MR) is 62.7 cm³/mol. The minimum Gasteiger partial charge on any atom is -0.481 e. The molecule has 0 aromatic carbocycles. The zero-order valence-electron chi connectivity index (χ0n) is 10.2. The number of hydrogen-bond donors (Lipinski definition) is 1. The molecule has 1 amide bonds. The van der Waals surface area contributed by atoms with E-state index in [1.807, 2.05) is 11.0 Å². The summed E-state index contributed by atoms with van der Waals surface area (Å²) in [6, 6.07) is 3.59. The summed E-state index contributed by atoms with van der Waals surface area (Å²) in [7, 11) is 1.63. The number of furan rings is 1. The lowest BCUT2D eigenvalue weighted by Crippen LogP contribution is -2.33. The van der Waals surface area contributed by atoms with Gasteiger partial charge in [-0.05, 0) is 12.1 Å². The van der Waals surface area contributed by atoms with Gasteiger partial charge in [-0.15, -0.1) is 0 Å². The molecule has 0 aliphatic carbocycles. The summed E-state index contributed by atoms with van der Waals surface area (Å²) in [5.41, 5.74) is 0. The predicted octanol–water partition coefficient (Wildman–Crippen LogP) is 0.254. The van der Waals surface area contributed by atoms with E-state index in [1.165, 1.54) is 4.90 Å². The molecule has 6 nitrogen and oxygen atoms in total. The third-order valence-electron chi connectivity index (χ3n) is 3.07. The molecule has 1 N–H and O–H groups in total. The Balaban J connectivity index is 2.09. The first-order valence-electron chi connectivity index (χ1n) is 5.78. The van der Waals surface area contributed by atoms with Crippen LogP contribution in [0.3, 0.4) is 0 Å². The number of carbonyl (C=O) groups is 2. The second-order valence-corrected chi connectivity index (χ2v) is 4.56. The molecule has 1 aromatic heterocycles. The molecule has 18 heavy (non-hydrogen) atoms. The van der Waals surface area contributed by atoms with Gasteiger partial charge in [0, 0.05) is 20.1 Å². The maximum Gasteiger partial charge on any atom is 0.309 e. The van der Waals surface area contributed by atoms with Crippen LogP contribution in [0.4, 0.5) is 0 Å². The molecule has 1 aromatic rings. The Bertz CT molecular complexity index is 429. The average molecular weight is 252 g/mol. The van der Waals surface area contributed by atoms with E-state index in [0.717, 1.165) is 5.76 Å². The van der Waals surface area contributed by atoms with E-state index in [4.69, 9.17) is 9.52 Å². The monoisotopic (exact) mass is 252 g/mol. The minimum atomic E-state index is -0.874. The summed E-state index contributed by atoms with van der Waals surface area (Å²) in [6.45, 7) is 1.28. The quantitative estimate of drug-likeness (QED) is 0.835. The van der Waals surface area contributed by atoms with Crippen LogP contribution in [0, 0.1) is 5.92 Å². The van der Waals surface area contributed by atoms with E-state index in [9.17, 15) is 9.59 Å². The highest BCUT2D eigenvalue weighted by molar-refractivity contribution is 5.80. The molecule has 1 atom stereocenters. The second-order valence-electron chi connectivity index (χ2n) is 4.56. The largest absolute Gasteiger partial charge is 0.481 e. The van der Waals surface area contributed by atoms with Gasteiger partial charge in [0.05, 0.1) is 25.3 Å². The van der Waals surface area contributed by atoms with Gasteiger partial charge in [0.1, 0.15) is 5.76 Å². The van der Waals surface area contributed by atoms with Crippen molar-refractivity contribution in [3.63, 3.8) is 0 Å². The molecule has 0 saturated carbocycles. The Morgan fingerprint density at radius 3 is 2.94 bits per heavy atom.